The third-order valence-corrected chi connectivity index (χ3v) is 6.20. The standard InChI is InChI=1S/C20H22FNO3/c21-15-8-6-12(7-9-15)18(11-2-1-3-11)22-19(23)16-13-4-5-14(10-13)17(16)20(24)25/h4-9,11,13-14,16-18H,1-3,10H2,(H,22,23)(H,24,25). The van der Waals surface area contributed by atoms with E-state index < -0.39 is 17.8 Å². The SMILES string of the molecule is O=C(O)C1C2C=CC(C2)C1C(=O)NC(c1ccc(F)cc1)C1CCC1. The second-order valence-electron chi connectivity index (χ2n) is 7.57. The van der Waals surface area contributed by atoms with E-state index in [2.05, 4.69) is 5.32 Å². The van der Waals surface area contributed by atoms with Gasteiger partial charge in [-0.2, -0.15) is 0 Å². The van der Waals surface area contributed by atoms with Crippen molar-refractivity contribution < 1.29 is 19.1 Å². The van der Waals surface area contributed by atoms with E-state index >= 15 is 0 Å². The number of carbonyl (C=O) groups excluding carboxylic acids is 1. The summed E-state index contributed by atoms with van der Waals surface area (Å²) in [6.45, 7) is 0. The predicted octanol–water partition coefficient (Wildman–Crippen LogP) is 3.31. The number of allylic oxidation sites excluding steroid dienone is 2. The summed E-state index contributed by atoms with van der Waals surface area (Å²) in [5.41, 5.74) is 0.894. The Bertz CT molecular complexity index is 710. The molecule has 1 amide bonds. The molecule has 0 aliphatic heterocycles. The minimum atomic E-state index is -0.890. The van der Waals surface area contributed by atoms with Gasteiger partial charge in [-0.3, -0.25) is 9.59 Å². The largest absolute Gasteiger partial charge is 0.481 e. The molecule has 3 aliphatic rings. The molecule has 5 atom stereocenters. The van der Waals surface area contributed by atoms with Crippen molar-refractivity contribution in [3.63, 3.8) is 0 Å². The van der Waals surface area contributed by atoms with Gasteiger partial charge in [0.05, 0.1) is 17.9 Å². The number of amides is 1. The number of hydrogen-bond donors (Lipinski definition) is 2. The van der Waals surface area contributed by atoms with Gasteiger partial charge in [-0.25, -0.2) is 4.39 Å². The lowest BCUT2D eigenvalue weighted by atomic mass is 9.76. The molecule has 2 N–H and O–H groups in total. The third kappa shape index (κ3) is 2.86. The molecule has 25 heavy (non-hydrogen) atoms. The monoisotopic (exact) mass is 343 g/mol. The maximum absolute atomic E-state index is 13.2. The predicted molar refractivity (Wildman–Crippen MR) is 90.0 cm³/mol. The van der Waals surface area contributed by atoms with E-state index in [0.29, 0.717) is 5.92 Å². The lowest BCUT2D eigenvalue weighted by Crippen LogP contribution is -2.44. The summed E-state index contributed by atoms with van der Waals surface area (Å²) in [5.74, 6) is -2.18. The molecule has 4 rings (SSSR count). The summed E-state index contributed by atoms with van der Waals surface area (Å²) in [6.07, 6.45) is 7.87. The number of rotatable bonds is 5. The molecule has 1 aromatic rings. The highest BCUT2D eigenvalue weighted by Crippen LogP contribution is 2.48. The zero-order valence-electron chi connectivity index (χ0n) is 13.9. The van der Waals surface area contributed by atoms with Crippen LogP contribution >= 0.6 is 0 Å². The van der Waals surface area contributed by atoms with E-state index in [1.54, 1.807) is 12.1 Å². The summed E-state index contributed by atoms with van der Waals surface area (Å²) in [6, 6.07) is 6.09. The Kier molecular flexibility index (Phi) is 4.10. The highest BCUT2D eigenvalue weighted by molar-refractivity contribution is 5.87. The van der Waals surface area contributed by atoms with Crippen molar-refractivity contribution in [2.24, 2.45) is 29.6 Å². The van der Waals surface area contributed by atoms with Crippen LogP contribution in [0.2, 0.25) is 0 Å². The van der Waals surface area contributed by atoms with Crippen LogP contribution in [0.15, 0.2) is 36.4 Å². The Balaban J connectivity index is 1.55. The molecule has 2 fully saturated rings. The molecule has 1 aromatic carbocycles. The molecule has 2 bridgehead atoms. The molecule has 5 heteroatoms. The first kappa shape index (κ1) is 16.3. The Morgan fingerprint density at radius 1 is 1.08 bits per heavy atom. The number of hydrogen-bond acceptors (Lipinski definition) is 2. The van der Waals surface area contributed by atoms with E-state index in [9.17, 15) is 19.1 Å². The minimum absolute atomic E-state index is 0.0151. The van der Waals surface area contributed by atoms with E-state index in [-0.39, 0.29) is 29.6 Å². The summed E-state index contributed by atoms with van der Waals surface area (Å²) in [7, 11) is 0. The molecule has 0 spiro atoms. The van der Waals surface area contributed by atoms with Crippen LogP contribution in [0.4, 0.5) is 4.39 Å². The summed E-state index contributed by atoms with van der Waals surface area (Å²) < 4.78 is 13.2. The first-order valence-electron chi connectivity index (χ1n) is 9.01. The second kappa shape index (κ2) is 6.28. The Hall–Kier alpha value is -2.17. The van der Waals surface area contributed by atoms with Crippen LogP contribution in [0.25, 0.3) is 0 Å². The molecule has 3 aliphatic carbocycles. The molecule has 5 unspecified atom stereocenters. The zero-order valence-corrected chi connectivity index (χ0v) is 13.9. The fraction of sp³-hybridized carbons (Fsp3) is 0.500. The highest BCUT2D eigenvalue weighted by Gasteiger charge is 2.52. The van der Waals surface area contributed by atoms with Crippen molar-refractivity contribution in [1.29, 1.82) is 0 Å². The first-order valence-corrected chi connectivity index (χ1v) is 9.01. The number of fused-ring (bicyclic) bond motifs is 2. The normalized spacial score (nSPS) is 31.6. The van der Waals surface area contributed by atoms with Gasteiger partial charge in [0.25, 0.3) is 0 Å². The molecular weight excluding hydrogens is 321 g/mol. The van der Waals surface area contributed by atoms with Gasteiger partial charge in [0, 0.05) is 0 Å². The van der Waals surface area contributed by atoms with Crippen molar-refractivity contribution in [3.05, 3.63) is 47.8 Å². The molecule has 4 nitrogen and oxygen atoms in total. The van der Waals surface area contributed by atoms with Crippen molar-refractivity contribution in [2.45, 2.75) is 31.7 Å². The van der Waals surface area contributed by atoms with Crippen LogP contribution in [0, 0.1) is 35.4 Å². The molecule has 132 valence electrons. The fourth-order valence-electron chi connectivity index (χ4n) is 4.68. The maximum atomic E-state index is 13.2. The average molecular weight is 343 g/mol. The summed E-state index contributed by atoms with van der Waals surface area (Å²) in [5, 5.41) is 12.7. The number of aliphatic carboxylic acids is 1. The number of nitrogens with one attached hydrogen (secondary N) is 1. The highest BCUT2D eigenvalue weighted by atomic mass is 19.1. The fourth-order valence-corrected chi connectivity index (χ4v) is 4.68. The van der Waals surface area contributed by atoms with Crippen LogP contribution in [-0.2, 0) is 9.59 Å². The smallest absolute Gasteiger partial charge is 0.307 e. The number of halogens is 1. The zero-order chi connectivity index (χ0) is 17.6. The van der Waals surface area contributed by atoms with Gasteiger partial charge < -0.3 is 10.4 Å². The van der Waals surface area contributed by atoms with Crippen molar-refractivity contribution >= 4 is 11.9 Å². The van der Waals surface area contributed by atoms with Gasteiger partial charge in [-0.15, -0.1) is 0 Å². The Morgan fingerprint density at radius 2 is 1.72 bits per heavy atom. The van der Waals surface area contributed by atoms with E-state index in [1.165, 1.54) is 12.1 Å². The van der Waals surface area contributed by atoms with E-state index in [0.717, 1.165) is 31.2 Å². The topological polar surface area (TPSA) is 66.4 Å². The van der Waals surface area contributed by atoms with Crippen LogP contribution in [0.3, 0.4) is 0 Å². The molecule has 0 saturated heterocycles. The minimum Gasteiger partial charge on any atom is -0.481 e. The van der Waals surface area contributed by atoms with Crippen molar-refractivity contribution in [2.75, 3.05) is 0 Å². The quantitative estimate of drug-likeness (QED) is 0.806. The third-order valence-electron chi connectivity index (χ3n) is 6.20. The molecule has 2 saturated carbocycles. The summed E-state index contributed by atoms with van der Waals surface area (Å²) in [4.78, 5) is 24.6. The second-order valence-corrected chi connectivity index (χ2v) is 7.57. The van der Waals surface area contributed by atoms with Crippen LogP contribution < -0.4 is 5.32 Å². The van der Waals surface area contributed by atoms with Crippen molar-refractivity contribution in [1.82, 2.24) is 5.32 Å². The van der Waals surface area contributed by atoms with Gasteiger partial charge in [0.15, 0.2) is 0 Å². The molecular formula is C20H22FNO3. The van der Waals surface area contributed by atoms with Crippen molar-refractivity contribution in [3.8, 4) is 0 Å². The first-order chi connectivity index (χ1) is 12.0. The Labute approximate surface area is 146 Å². The Morgan fingerprint density at radius 3 is 2.28 bits per heavy atom. The van der Waals surface area contributed by atoms with Gasteiger partial charge in [0.2, 0.25) is 5.91 Å². The lowest BCUT2D eigenvalue weighted by molar-refractivity contribution is -0.148. The molecule has 0 aromatic heterocycles. The molecule has 0 heterocycles. The van der Waals surface area contributed by atoms with Gasteiger partial charge in [-0.05, 0) is 54.7 Å². The van der Waals surface area contributed by atoms with Crippen LogP contribution in [-0.4, -0.2) is 17.0 Å². The van der Waals surface area contributed by atoms with E-state index in [4.69, 9.17) is 0 Å². The van der Waals surface area contributed by atoms with Gasteiger partial charge >= 0.3 is 5.97 Å². The van der Waals surface area contributed by atoms with Gasteiger partial charge in [-0.1, -0.05) is 30.7 Å². The van der Waals surface area contributed by atoms with E-state index in [1.807, 2.05) is 12.2 Å². The number of carboxylic acids is 1. The summed E-state index contributed by atoms with van der Waals surface area (Å²) >= 11 is 0. The molecule has 0 radical (unpaired) electrons. The number of carbonyl (C=O) groups is 2. The van der Waals surface area contributed by atoms with Crippen LogP contribution in [0.1, 0.15) is 37.3 Å². The lowest BCUT2D eigenvalue weighted by Gasteiger charge is -2.36. The number of benzene rings is 1. The maximum Gasteiger partial charge on any atom is 0.307 e. The van der Waals surface area contributed by atoms with Gasteiger partial charge in [0.1, 0.15) is 5.82 Å². The average Bonchev–Trinajstić information content (AvgIpc) is 3.14. The van der Waals surface area contributed by atoms with Crippen LogP contribution in [0.5, 0.6) is 0 Å². The number of carboxylic acid groups (broad SMARTS) is 1.